The number of benzene rings is 1. The average Bonchev–Trinajstić information content (AvgIpc) is 2.29. The Morgan fingerprint density at radius 3 is 2.88 bits per heavy atom. The minimum absolute atomic E-state index is 0.182. The Hall–Kier alpha value is -0.580. The van der Waals surface area contributed by atoms with Crippen molar-refractivity contribution in [3.05, 3.63) is 29.8 Å². The maximum Gasteiger partial charge on any atom is 0.310 e. The van der Waals surface area contributed by atoms with Crippen LogP contribution in [0, 0.1) is 0 Å². The van der Waals surface area contributed by atoms with Crippen molar-refractivity contribution in [2.24, 2.45) is 0 Å². The Bertz CT molecular complexity index is 350. The summed E-state index contributed by atoms with van der Waals surface area (Å²) in [5, 5.41) is 0. The molecule has 0 aliphatic rings. The maximum absolute atomic E-state index is 11.2. The van der Waals surface area contributed by atoms with Crippen molar-refractivity contribution < 1.29 is 9.53 Å². The third-order valence-electron chi connectivity index (χ3n) is 2.49. The summed E-state index contributed by atoms with van der Waals surface area (Å²) >= 11 is 2.38. The monoisotopic (exact) mass is 332 g/mol. The number of alkyl halides is 1. The predicted octanol–water partition coefficient (Wildman–Crippen LogP) is 3.93. The van der Waals surface area contributed by atoms with E-state index in [1.54, 1.807) is 6.92 Å². The Kier molecular flexibility index (Phi) is 5.80. The fourth-order valence-corrected chi connectivity index (χ4v) is 2.35. The van der Waals surface area contributed by atoms with Gasteiger partial charge >= 0.3 is 5.97 Å². The SMILES string of the molecule is CCC(=O)Oc1cccc(C(C)CCI)c1. The molecule has 0 saturated heterocycles. The van der Waals surface area contributed by atoms with Gasteiger partial charge in [0.2, 0.25) is 0 Å². The van der Waals surface area contributed by atoms with Crippen LogP contribution >= 0.6 is 22.6 Å². The van der Waals surface area contributed by atoms with E-state index in [4.69, 9.17) is 4.74 Å². The molecule has 0 bridgehead atoms. The van der Waals surface area contributed by atoms with E-state index < -0.39 is 0 Å². The average molecular weight is 332 g/mol. The fourth-order valence-electron chi connectivity index (χ4n) is 1.42. The first-order valence-corrected chi connectivity index (χ1v) is 7.06. The lowest BCUT2D eigenvalue weighted by Crippen LogP contribution is -2.06. The van der Waals surface area contributed by atoms with Crippen LogP contribution in [0.5, 0.6) is 5.75 Å². The van der Waals surface area contributed by atoms with Crippen molar-refractivity contribution in [3.63, 3.8) is 0 Å². The molecule has 0 aromatic heterocycles. The molecule has 0 fully saturated rings. The second-order valence-electron chi connectivity index (χ2n) is 3.78. The summed E-state index contributed by atoms with van der Waals surface area (Å²) in [7, 11) is 0. The van der Waals surface area contributed by atoms with Crippen LogP contribution in [0.1, 0.15) is 38.2 Å². The van der Waals surface area contributed by atoms with Crippen molar-refractivity contribution in [2.75, 3.05) is 4.43 Å². The van der Waals surface area contributed by atoms with Gasteiger partial charge in [-0.2, -0.15) is 0 Å². The summed E-state index contributed by atoms with van der Waals surface area (Å²) in [6.07, 6.45) is 1.55. The van der Waals surface area contributed by atoms with Crippen LogP contribution in [0.25, 0.3) is 0 Å². The lowest BCUT2D eigenvalue weighted by Gasteiger charge is -2.11. The molecule has 2 nitrogen and oxygen atoms in total. The minimum Gasteiger partial charge on any atom is -0.427 e. The van der Waals surface area contributed by atoms with Gasteiger partial charge < -0.3 is 4.74 Å². The van der Waals surface area contributed by atoms with Crippen molar-refractivity contribution in [3.8, 4) is 5.75 Å². The minimum atomic E-state index is -0.182. The van der Waals surface area contributed by atoms with E-state index in [-0.39, 0.29) is 5.97 Å². The predicted molar refractivity (Wildman–Crippen MR) is 74.3 cm³/mol. The molecule has 0 radical (unpaired) electrons. The lowest BCUT2D eigenvalue weighted by molar-refractivity contribution is -0.134. The molecule has 1 unspecified atom stereocenters. The fraction of sp³-hybridized carbons (Fsp3) is 0.462. The molecule has 16 heavy (non-hydrogen) atoms. The standard InChI is InChI=1S/C13H17IO2/c1-3-13(15)16-12-6-4-5-11(9-12)10(2)7-8-14/h4-6,9-10H,3,7-8H2,1-2H3. The molecular weight excluding hydrogens is 315 g/mol. The van der Waals surface area contributed by atoms with Gasteiger partial charge in [-0.05, 0) is 30.0 Å². The van der Waals surface area contributed by atoms with Crippen LogP contribution in [0.4, 0.5) is 0 Å². The second-order valence-corrected chi connectivity index (χ2v) is 4.86. The van der Waals surface area contributed by atoms with Gasteiger partial charge in [-0.3, -0.25) is 4.79 Å². The van der Waals surface area contributed by atoms with Crippen LogP contribution in [0.2, 0.25) is 0 Å². The van der Waals surface area contributed by atoms with E-state index in [9.17, 15) is 4.79 Å². The molecule has 0 spiro atoms. The summed E-state index contributed by atoms with van der Waals surface area (Å²) in [6.45, 7) is 3.99. The van der Waals surface area contributed by atoms with Gasteiger partial charge in [-0.15, -0.1) is 0 Å². The Balaban J connectivity index is 2.74. The van der Waals surface area contributed by atoms with Gasteiger partial charge in [-0.25, -0.2) is 0 Å². The summed E-state index contributed by atoms with van der Waals surface area (Å²) in [6, 6.07) is 7.82. The first kappa shape index (κ1) is 13.5. The van der Waals surface area contributed by atoms with E-state index in [2.05, 4.69) is 35.6 Å². The maximum atomic E-state index is 11.2. The van der Waals surface area contributed by atoms with Crippen LogP contribution in [-0.4, -0.2) is 10.4 Å². The Morgan fingerprint density at radius 1 is 1.50 bits per heavy atom. The quantitative estimate of drug-likeness (QED) is 0.353. The normalized spacial score (nSPS) is 12.2. The van der Waals surface area contributed by atoms with Gasteiger partial charge in [0.25, 0.3) is 0 Å². The third kappa shape index (κ3) is 4.12. The first-order valence-electron chi connectivity index (χ1n) is 5.54. The van der Waals surface area contributed by atoms with E-state index in [0.717, 1.165) is 10.8 Å². The van der Waals surface area contributed by atoms with Crippen molar-refractivity contribution in [1.82, 2.24) is 0 Å². The van der Waals surface area contributed by atoms with Crippen molar-refractivity contribution in [1.29, 1.82) is 0 Å². The van der Waals surface area contributed by atoms with Gasteiger partial charge in [0.1, 0.15) is 5.75 Å². The zero-order chi connectivity index (χ0) is 12.0. The number of esters is 1. The van der Waals surface area contributed by atoms with Crippen LogP contribution < -0.4 is 4.74 Å². The number of halogens is 1. The molecule has 0 heterocycles. The highest BCUT2D eigenvalue weighted by atomic mass is 127. The number of carbonyl (C=O) groups excluding carboxylic acids is 1. The first-order chi connectivity index (χ1) is 7.67. The summed E-state index contributed by atoms with van der Waals surface area (Å²) in [5.41, 5.74) is 1.23. The van der Waals surface area contributed by atoms with Crippen molar-refractivity contribution >= 4 is 28.6 Å². The number of carbonyl (C=O) groups is 1. The highest BCUT2D eigenvalue weighted by molar-refractivity contribution is 14.1. The van der Waals surface area contributed by atoms with Gasteiger partial charge in [-0.1, -0.05) is 48.6 Å². The Morgan fingerprint density at radius 2 is 2.25 bits per heavy atom. The molecule has 1 atom stereocenters. The van der Waals surface area contributed by atoms with Gasteiger partial charge in [0, 0.05) is 10.8 Å². The highest BCUT2D eigenvalue weighted by Crippen LogP contribution is 2.24. The molecule has 0 saturated carbocycles. The molecule has 0 aliphatic carbocycles. The van der Waals surface area contributed by atoms with Crippen LogP contribution in [0.15, 0.2) is 24.3 Å². The molecule has 3 heteroatoms. The molecule has 1 aromatic rings. The number of rotatable bonds is 5. The van der Waals surface area contributed by atoms with E-state index >= 15 is 0 Å². The molecule has 0 N–H and O–H groups in total. The molecule has 1 rings (SSSR count). The van der Waals surface area contributed by atoms with E-state index in [1.165, 1.54) is 5.56 Å². The molecule has 0 amide bonds. The lowest BCUT2D eigenvalue weighted by atomic mass is 9.99. The van der Waals surface area contributed by atoms with E-state index in [1.807, 2.05) is 18.2 Å². The van der Waals surface area contributed by atoms with E-state index in [0.29, 0.717) is 18.1 Å². The zero-order valence-corrected chi connectivity index (χ0v) is 11.9. The summed E-state index contributed by atoms with van der Waals surface area (Å²) < 4.78 is 6.33. The topological polar surface area (TPSA) is 26.3 Å². The molecule has 1 aromatic carbocycles. The largest absolute Gasteiger partial charge is 0.427 e. The summed E-state index contributed by atoms with van der Waals surface area (Å²) in [5.74, 6) is 0.987. The third-order valence-corrected chi connectivity index (χ3v) is 3.11. The number of hydrogen-bond acceptors (Lipinski definition) is 2. The zero-order valence-electron chi connectivity index (χ0n) is 9.70. The Labute approximate surface area is 111 Å². The molecule has 88 valence electrons. The number of ether oxygens (including phenoxy) is 1. The van der Waals surface area contributed by atoms with Crippen LogP contribution in [0.3, 0.4) is 0 Å². The second kappa shape index (κ2) is 6.89. The van der Waals surface area contributed by atoms with Gasteiger partial charge in [0.15, 0.2) is 0 Å². The number of hydrogen-bond donors (Lipinski definition) is 0. The van der Waals surface area contributed by atoms with Crippen molar-refractivity contribution in [2.45, 2.75) is 32.6 Å². The van der Waals surface area contributed by atoms with Crippen LogP contribution in [-0.2, 0) is 4.79 Å². The molecular formula is C13H17IO2. The summed E-state index contributed by atoms with van der Waals surface area (Å²) in [4.78, 5) is 11.2. The highest BCUT2D eigenvalue weighted by Gasteiger charge is 2.07. The smallest absolute Gasteiger partial charge is 0.310 e. The van der Waals surface area contributed by atoms with Gasteiger partial charge in [0.05, 0.1) is 0 Å². The molecule has 0 aliphatic heterocycles.